The van der Waals surface area contributed by atoms with Gasteiger partial charge in [0.05, 0.1) is 18.6 Å². The molecule has 4 nitrogen and oxygen atoms in total. The highest BCUT2D eigenvalue weighted by atomic mass is 16.5. The van der Waals surface area contributed by atoms with E-state index >= 15 is 0 Å². The minimum Gasteiger partial charge on any atom is -0.491 e. The maximum Gasteiger partial charge on any atom is 0.119 e. The number of nitrogens with zero attached hydrogens (tertiary/aromatic N) is 2. The van der Waals surface area contributed by atoms with Crippen molar-refractivity contribution in [2.24, 2.45) is 0 Å². The molecule has 1 aliphatic rings. The number of hydrogen-bond acceptors (Lipinski definition) is 4. The Morgan fingerprint density at radius 3 is 2.45 bits per heavy atom. The van der Waals surface area contributed by atoms with Gasteiger partial charge in [-0.3, -0.25) is 4.90 Å². The summed E-state index contributed by atoms with van der Waals surface area (Å²) in [6.45, 7) is 8.03. The molecule has 20 heavy (non-hydrogen) atoms. The van der Waals surface area contributed by atoms with E-state index < -0.39 is 0 Å². The Kier molecular flexibility index (Phi) is 5.40. The molecule has 1 fully saturated rings. The largest absolute Gasteiger partial charge is 0.491 e. The fourth-order valence-corrected chi connectivity index (χ4v) is 2.58. The Morgan fingerprint density at radius 2 is 1.90 bits per heavy atom. The molecular formula is C16H23N3O. The van der Waals surface area contributed by atoms with Gasteiger partial charge in [0.25, 0.3) is 0 Å². The van der Waals surface area contributed by atoms with Gasteiger partial charge in [0.15, 0.2) is 0 Å². The lowest BCUT2D eigenvalue weighted by molar-refractivity contribution is 0.175. The monoisotopic (exact) mass is 273 g/mol. The van der Waals surface area contributed by atoms with Crippen molar-refractivity contribution >= 4 is 0 Å². The summed E-state index contributed by atoms with van der Waals surface area (Å²) in [5.41, 5.74) is 1.20. The molecular weight excluding hydrogens is 250 g/mol. The average Bonchev–Trinajstić information content (AvgIpc) is 2.46. The first kappa shape index (κ1) is 14.8. The van der Waals surface area contributed by atoms with Gasteiger partial charge < -0.3 is 10.1 Å². The fraction of sp³-hybridized carbons (Fsp3) is 0.562. The molecule has 108 valence electrons. The summed E-state index contributed by atoms with van der Waals surface area (Å²) in [6.07, 6.45) is 0.716. The van der Waals surface area contributed by atoms with E-state index in [1.165, 1.54) is 5.56 Å². The van der Waals surface area contributed by atoms with E-state index in [2.05, 4.69) is 28.4 Å². The molecule has 2 rings (SSSR count). The number of rotatable bonds is 5. The molecule has 0 unspecified atom stereocenters. The molecule has 0 aromatic heterocycles. The van der Waals surface area contributed by atoms with E-state index in [-0.39, 0.29) is 12.1 Å². The van der Waals surface area contributed by atoms with Crippen LogP contribution in [0.4, 0.5) is 0 Å². The number of nitrogens with one attached hydrogen (secondary N) is 1. The molecule has 1 saturated heterocycles. The second kappa shape index (κ2) is 7.28. The van der Waals surface area contributed by atoms with Gasteiger partial charge in [-0.1, -0.05) is 12.1 Å². The zero-order valence-electron chi connectivity index (χ0n) is 12.3. The van der Waals surface area contributed by atoms with Crippen LogP contribution in [0.3, 0.4) is 0 Å². The zero-order valence-corrected chi connectivity index (χ0v) is 12.3. The molecule has 1 atom stereocenters. The number of ether oxygens (including phenoxy) is 1. The van der Waals surface area contributed by atoms with Crippen LogP contribution in [0.25, 0.3) is 0 Å². The minimum absolute atomic E-state index is 0.184. The summed E-state index contributed by atoms with van der Waals surface area (Å²) in [5, 5.41) is 12.4. The Bertz CT molecular complexity index is 444. The normalized spacial score (nSPS) is 17.7. The van der Waals surface area contributed by atoms with E-state index in [0.717, 1.165) is 31.9 Å². The van der Waals surface area contributed by atoms with E-state index in [0.29, 0.717) is 6.42 Å². The van der Waals surface area contributed by atoms with Crippen molar-refractivity contribution in [1.29, 1.82) is 5.26 Å². The van der Waals surface area contributed by atoms with Crippen molar-refractivity contribution in [3.8, 4) is 11.8 Å². The summed E-state index contributed by atoms with van der Waals surface area (Å²) >= 11 is 0. The molecule has 0 spiro atoms. The lowest BCUT2D eigenvalue weighted by Crippen LogP contribution is -2.45. The molecule has 1 aromatic rings. The van der Waals surface area contributed by atoms with Crippen LogP contribution in [0.2, 0.25) is 0 Å². The van der Waals surface area contributed by atoms with Gasteiger partial charge >= 0.3 is 0 Å². The van der Waals surface area contributed by atoms with Crippen LogP contribution in [-0.4, -0.2) is 37.2 Å². The number of hydrogen-bond donors (Lipinski definition) is 1. The molecule has 0 bridgehead atoms. The van der Waals surface area contributed by atoms with Gasteiger partial charge in [-0.25, -0.2) is 0 Å². The van der Waals surface area contributed by atoms with Gasteiger partial charge in [-0.15, -0.1) is 0 Å². The quantitative estimate of drug-likeness (QED) is 0.894. The first-order valence-electron chi connectivity index (χ1n) is 7.29. The Morgan fingerprint density at radius 1 is 1.25 bits per heavy atom. The van der Waals surface area contributed by atoms with Gasteiger partial charge in [-0.2, -0.15) is 5.26 Å². The molecule has 1 aliphatic heterocycles. The molecule has 1 N–H and O–H groups in total. The van der Waals surface area contributed by atoms with E-state index in [4.69, 9.17) is 10.00 Å². The molecule has 1 heterocycles. The van der Waals surface area contributed by atoms with Gasteiger partial charge in [0.1, 0.15) is 5.75 Å². The Hall–Kier alpha value is -1.57. The first-order chi connectivity index (χ1) is 9.70. The van der Waals surface area contributed by atoms with Crippen LogP contribution < -0.4 is 10.1 Å². The smallest absolute Gasteiger partial charge is 0.119 e. The maximum atomic E-state index is 9.09. The second-order valence-corrected chi connectivity index (χ2v) is 5.40. The van der Waals surface area contributed by atoms with Gasteiger partial charge in [0, 0.05) is 32.2 Å². The standard InChI is InChI=1S/C16H23N3O/c1-13(2)20-15-5-3-14(4-6-15)16(7-8-17)19-11-9-18-10-12-19/h3-6,13,16,18H,7,9-12H2,1-2H3/t16-/m0/s1. The number of benzene rings is 1. The van der Waals surface area contributed by atoms with Crippen LogP contribution in [0.5, 0.6) is 5.75 Å². The third-order valence-electron chi connectivity index (χ3n) is 3.51. The predicted octanol–water partition coefficient (Wildman–Crippen LogP) is 2.33. The predicted molar refractivity (Wildman–Crippen MR) is 79.6 cm³/mol. The highest BCUT2D eigenvalue weighted by Gasteiger charge is 2.21. The molecule has 0 amide bonds. The highest BCUT2D eigenvalue weighted by molar-refractivity contribution is 5.30. The summed E-state index contributed by atoms with van der Waals surface area (Å²) in [5.74, 6) is 0.889. The van der Waals surface area contributed by atoms with Crippen molar-refractivity contribution in [3.05, 3.63) is 29.8 Å². The number of piperazine rings is 1. The van der Waals surface area contributed by atoms with Gasteiger partial charge in [0.2, 0.25) is 0 Å². The van der Waals surface area contributed by atoms with Crippen molar-refractivity contribution in [2.45, 2.75) is 32.4 Å². The van der Waals surface area contributed by atoms with Crippen LogP contribution in [0, 0.1) is 11.3 Å². The van der Waals surface area contributed by atoms with Gasteiger partial charge in [-0.05, 0) is 31.5 Å². The summed E-state index contributed by atoms with van der Waals surface area (Å²) in [4.78, 5) is 2.39. The van der Waals surface area contributed by atoms with E-state index in [9.17, 15) is 0 Å². The Labute approximate surface area is 121 Å². The lowest BCUT2D eigenvalue weighted by Gasteiger charge is -2.34. The minimum atomic E-state index is 0.184. The fourth-order valence-electron chi connectivity index (χ4n) is 2.58. The van der Waals surface area contributed by atoms with Crippen molar-refractivity contribution in [3.63, 3.8) is 0 Å². The van der Waals surface area contributed by atoms with Crippen LogP contribution >= 0.6 is 0 Å². The maximum absolute atomic E-state index is 9.09. The van der Waals surface area contributed by atoms with Crippen molar-refractivity contribution < 1.29 is 4.74 Å². The molecule has 4 heteroatoms. The lowest BCUT2D eigenvalue weighted by atomic mass is 10.0. The number of nitriles is 1. The summed E-state index contributed by atoms with van der Waals surface area (Å²) < 4.78 is 5.67. The van der Waals surface area contributed by atoms with Crippen LogP contribution in [-0.2, 0) is 0 Å². The molecule has 0 radical (unpaired) electrons. The second-order valence-electron chi connectivity index (χ2n) is 5.40. The third-order valence-corrected chi connectivity index (χ3v) is 3.51. The average molecular weight is 273 g/mol. The van der Waals surface area contributed by atoms with Crippen molar-refractivity contribution in [1.82, 2.24) is 10.2 Å². The van der Waals surface area contributed by atoms with Crippen molar-refractivity contribution in [2.75, 3.05) is 26.2 Å². The SMILES string of the molecule is CC(C)Oc1ccc([C@H](CC#N)N2CCNCC2)cc1. The van der Waals surface area contributed by atoms with E-state index in [1.807, 2.05) is 26.0 Å². The summed E-state index contributed by atoms with van der Waals surface area (Å²) in [7, 11) is 0. The molecule has 1 aromatic carbocycles. The summed E-state index contributed by atoms with van der Waals surface area (Å²) in [6, 6.07) is 10.7. The molecule has 0 saturated carbocycles. The van der Waals surface area contributed by atoms with E-state index in [1.54, 1.807) is 0 Å². The van der Waals surface area contributed by atoms with Crippen LogP contribution in [0.15, 0.2) is 24.3 Å². The first-order valence-corrected chi connectivity index (χ1v) is 7.29. The third kappa shape index (κ3) is 3.96. The van der Waals surface area contributed by atoms with Crippen LogP contribution in [0.1, 0.15) is 31.9 Å². The topological polar surface area (TPSA) is 48.3 Å². The highest BCUT2D eigenvalue weighted by Crippen LogP contribution is 2.26. The zero-order chi connectivity index (χ0) is 14.4. The molecule has 0 aliphatic carbocycles. The Balaban J connectivity index is 2.10.